The predicted molar refractivity (Wildman–Crippen MR) is 78.8 cm³/mol. The van der Waals surface area contributed by atoms with Crippen LogP contribution in [0.4, 0.5) is 0 Å². The van der Waals surface area contributed by atoms with Crippen molar-refractivity contribution in [3.63, 3.8) is 0 Å². The van der Waals surface area contributed by atoms with Crippen molar-refractivity contribution in [1.29, 1.82) is 0 Å². The molecule has 1 aromatic rings. The quantitative estimate of drug-likeness (QED) is 0.767. The van der Waals surface area contributed by atoms with E-state index in [9.17, 15) is 4.79 Å². The summed E-state index contributed by atoms with van der Waals surface area (Å²) in [6.45, 7) is 2.08. The Hall–Kier alpha value is -1.64. The fraction of sp³-hybridized carbons (Fsp3) is 0.529. The molecule has 0 aromatic heterocycles. The van der Waals surface area contributed by atoms with Crippen molar-refractivity contribution in [2.75, 3.05) is 0 Å². The number of carbonyl (C=O) groups is 1. The first-order chi connectivity index (χ1) is 9.70. The maximum atomic E-state index is 11.7. The van der Waals surface area contributed by atoms with Gasteiger partial charge in [-0.1, -0.05) is 36.8 Å². The molecule has 1 aliphatic heterocycles. The van der Waals surface area contributed by atoms with Crippen LogP contribution < -0.4 is 0 Å². The van der Waals surface area contributed by atoms with Gasteiger partial charge in [0.2, 0.25) is 0 Å². The number of rotatable bonds is 2. The summed E-state index contributed by atoms with van der Waals surface area (Å²) in [4.78, 5) is 16.6. The van der Waals surface area contributed by atoms with E-state index in [2.05, 4.69) is 19.1 Å². The molecule has 1 saturated carbocycles. The topological polar surface area (TPSA) is 38.7 Å². The van der Waals surface area contributed by atoms with Crippen LogP contribution in [0.3, 0.4) is 0 Å². The Labute approximate surface area is 120 Å². The average molecular weight is 271 g/mol. The van der Waals surface area contributed by atoms with Crippen molar-refractivity contribution in [2.24, 2.45) is 4.99 Å². The summed E-state index contributed by atoms with van der Waals surface area (Å²) < 4.78 is 5.67. The van der Waals surface area contributed by atoms with Gasteiger partial charge in [0.25, 0.3) is 0 Å². The van der Waals surface area contributed by atoms with E-state index in [0.29, 0.717) is 6.42 Å². The first kappa shape index (κ1) is 13.3. The predicted octanol–water partition coefficient (Wildman–Crippen LogP) is 3.84. The van der Waals surface area contributed by atoms with Crippen molar-refractivity contribution >= 4 is 11.7 Å². The highest BCUT2D eigenvalue weighted by Gasteiger charge is 2.46. The van der Waals surface area contributed by atoms with Crippen LogP contribution >= 0.6 is 0 Å². The van der Waals surface area contributed by atoms with Crippen LogP contribution in [0.25, 0.3) is 0 Å². The molecule has 0 amide bonds. The Morgan fingerprint density at radius 1 is 1.15 bits per heavy atom. The average Bonchev–Trinajstić information content (AvgIpc) is 2.76. The second kappa shape index (κ2) is 5.39. The molecular formula is C17H21NO2. The zero-order chi connectivity index (χ0) is 14.0. The van der Waals surface area contributed by atoms with Crippen molar-refractivity contribution in [3.8, 4) is 0 Å². The molecule has 106 valence electrons. The van der Waals surface area contributed by atoms with E-state index < -0.39 is 0 Å². The van der Waals surface area contributed by atoms with Gasteiger partial charge in [0.05, 0.1) is 18.2 Å². The molecule has 1 spiro atoms. The summed E-state index contributed by atoms with van der Waals surface area (Å²) in [6, 6.07) is 10.3. The third-order valence-electron chi connectivity index (χ3n) is 4.44. The number of esters is 1. The zero-order valence-electron chi connectivity index (χ0n) is 12.0. The normalized spacial score (nSPS) is 24.9. The number of aliphatic imine (C=N–C) groups is 1. The summed E-state index contributed by atoms with van der Waals surface area (Å²) in [5.41, 5.74) is 1.78. The number of ether oxygens (including phenoxy) is 1. The van der Waals surface area contributed by atoms with Crippen molar-refractivity contribution in [3.05, 3.63) is 35.9 Å². The third-order valence-corrected chi connectivity index (χ3v) is 4.44. The molecule has 3 nitrogen and oxygen atoms in total. The Bertz CT molecular complexity index is 515. The summed E-state index contributed by atoms with van der Waals surface area (Å²) in [7, 11) is 0. The largest absolute Gasteiger partial charge is 0.453 e. The monoisotopic (exact) mass is 271 g/mol. The molecule has 1 aliphatic carbocycles. The minimum atomic E-state index is -0.377. The highest BCUT2D eigenvalue weighted by atomic mass is 16.6. The minimum absolute atomic E-state index is 0.0829. The van der Waals surface area contributed by atoms with E-state index >= 15 is 0 Å². The molecule has 20 heavy (non-hydrogen) atoms. The van der Waals surface area contributed by atoms with Crippen LogP contribution in [-0.2, 0) is 9.53 Å². The van der Waals surface area contributed by atoms with Crippen LogP contribution in [-0.4, -0.2) is 17.3 Å². The fourth-order valence-electron chi connectivity index (χ4n) is 3.33. The molecule has 1 saturated heterocycles. The molecule has 3 rings (SSSR count). The third kappa shape index (κ3) is 2.49. The van der Waals surface area contributed by atoms with Gasteiger partial charge in [-0.25, -0.2) is 0 Å². The molecule has 1 unspecified atom stereocenters. The van der Waals surface area contributed by atoms with Gasteiger partial charge in [-0.15, -0.1) is 0 Å². The van der Waals surface area contributed by atoms with E-state index in [4.69, 9.17) is 9.73 Å². The van der Waals surface area contributed by atoms with Gasteiger partial charge in [-0.05, 0) is 38.2 Å². The Morgan fingerprint density at radius 2 is 1.85 bits per heavy atom. The zero-order valence-corrected chi connectivity index (χ0v) is 12.0. The molecule has 0 bridgehead atoms. The van der Waals surface area contributed by atoms with Crippen molar-refractivity contribution in [2.45, 2.75) is 57.1 Å². The first-order valence-corrected chi connectivity index (χ1v) is 7.54. The van der Waals surface area contributed by atoms with Gasteiger partial charge in [-0.3, -0.25) is 9.79 Å². The van der Waals surface area contributed by atoms with E-state index in [1.807, 2.05) is 18.2 Å². The molecule has 1 aromatic carbocycles. The Kier molecular flexibility index (Phi) is 3.60. The van der Waals surface area contributed by atoms with Crippen LogP contribution in [0.1, 0.15) is 57.1 Å². The Balaban J connectivity index is 1.87. The lowest BCUT2D eigenvalue weighted by molar-refractivity contribution is -0.148. The van der Waals surface area contributed by atoms with Gasteiger partial charge in [-0.2, -0.15) is 0 Å². The second-order valence-electron chi connectivity index (χ2n) is 5.87. The standard InChI is InChI=1S/C17H21NO2/c1-13(14-8-4-2-5-9-14)18-15-12-16(19)20-17(15)10-6-3-7-11-17/h2,4-5,8-9,13H,3,6-7,10-12H2,1H3. The fourth-order valence-corrected chi connectivity index (χ4v) is 3.33. The lowest BCUT2D eigenvalue weighted by Gasteiger charge is -2.32. The smallest absolute Gasteiger partial charge is 0.312 e. The lowest BCUT2D eigenvalue weighted by Crippen LogP contribution is -2.38. The molecule has 3 heteroatoms. The van der Waals surface area contributed by atoms with Gasteiger partial charge >= 0.3 is 5.97 Å². The number of benzene rings is 1. The first-order valence-electron chi connectivity index (χ1n) is 7.54. The van der Waals surface area contributed by atoms with Crippen LogP contribution in [0.2, 0.25) is 0 Å². The summed E-state index contributed by atoms with van der Waals surface area (Å²) in [6.07, 6.45) is 5.76. The maximum Gasteiger partial charge on any atom is 0.312 e. The number of hydrogen-bond acceptors (Lipinski definition) is 3. The summed E-state index contributed by atoms with van der Waals surface area (Å²) >= 11 is 0. The van der Waals surface area contributed by atoms with Crippen molar-refractivity contribution < 1.29 is 9.53 Å². The van der Waals surface area contributed by atoms with Crippen molar-refractivity contribution in [1.82, 2.24) is 0 Å². The van der Waals surface area contributed by atoms with Crippen LogP contribution in [0, 0.1) is 0 Å². The number of nitrogens with zero attached hydrogens (tertiary/aromatic N) is 1. The maximum absolute atomic E-state index is 11.7. The van der Waals surface area contributed by atoms with E-state index in [0.717, 1.165) is 31.4 Å². The van der Waals surface area contributed by atoms with E-state index in [-0.39, 0.29) is 17.6 Å². The summed E-state index contributed by atoms with van der Waals surface area (Å²) in [5, 5.41) is 0. The van der Waals surface area contributed by atoms with E-state index in [1.54, 1.807) is 0 Å². The SMILES string of the molecule is CC(N=C1CC(=O)OC12CCCCC2)c1ccccc1. The lowest BCUT2D eigenvalue weighted by atomic mass is 9.81. The molecule has 2 aliphatic rings. The van der Waals surface area contributed by atoms with Gasteiger partial charge in [0.1, 0.15) is 0 Å². The van der Waals surface area contributed by atoms with Gasteiger partial charge in [0.15, 0.2) is 5.60 Å². The molecule has 1 heterocycles. The highest BCUT2D eigenvalue weighted by Crippen LogP contribution is 2.39. The molecule has 0 radical (unpaired) electrons. The molecule has 2 fully saturated rings. The van der Waals surface area contributed by atoms with Gasteiger partial charge < -0.3 is 4.74 Å². The Morgan fingerprint density at radius 3 is 2.55 bits per heavy atom. The highest BCUT2D eigenvalue weighted by molar-refractivity contribution is 6.09. The minimum Gasteiger partial charge on any atom is -0.453 e. The van der Waals surface area contributed by atoms with E-state index in [1.165, 1.54) is 12.0 Å². The summed E-state index contributed by atoms with van der Waals surface area (Å²) in [5.74, 6) is -0.106. The number of carbonyl (C=O) groups excluding carboxylic acids is 1. The van der Waals surface area contributed by atoms with Gasteiger partial charge in [0, 0.05) is 0 Å². The van der Waals surface area contributed by atoms with Crippen LogP contribution in [0.15, 0.2) is 35.3 Å². The second-order valence-corrected chi connectivity index (χ2v) is 5.87. The van der Waals surface area contributed by atoms with Crippen LogP contribution in [0.5, 0.6) is 0 Å². The molecular weight excluding hydrogens is 250 g/mol. The molecule has 0 N–H and O–H groups in total. The molecule has 1 atom stereocenters. The number of hydrogen-bond donors (Lipinski definition) is 0.